The van der Waals surface area contributed by atoms with Gasteiger partial charge in [0.1, 0.15) is 12.0 Å². The highest BCUT2D eigenvalue weighted by Gasteiger charge is 2.50. The van der Waals surface area contributed by atoms with Crippen molar-refractivity contribution in [3.63, 3.8) is 0 Å². The second kappa shape index (κ2) is 4.89. The molecule has 2 aromatic rings. The van der Waals surface area contributed by atoms with Crippen molar-refractivity contribution in [1.82, 2.24) is 9.88 Å². The Bertz CT molecular complexity index is 675. The molecule has 2 aliphatic rings. The quantitative estimate of drug-likeness (QED) is 0.856. The molecule has 0 aliphatic carbocycles. The summed E-state index contributed by atoms with van der Waals surface area (Å²) in [4.78, 5) is 20.7. The van der Waals surface area contributed by atoms with E-state index in [9.17, 15) is 9.18 Å². The van der Waals surface area contributed by atoms with E-state index in [-0.39, 0.29) is 23.9 Å². The zero-order valence-corrected chi connectivity index (χ0v) is 12.1. The maximum absolute atomic E-state index is 14.3. The molecule has 0 bridgehead atoms. The smallest absolute Gasteiger partial charge is 0.247 e. The first-order valence-corrected chi connectivity index (χ1v) is 7.88. The zero-order valence-electron chi connectivity index (χ0n) is 11.3. The fourth-order valence-corrected chi connectivity index (χ4v) is 3.98. The number of carbonyl (C=O) groups is 1. The molecule has 1 amide bonds. The molecular weight excluding hydrogens is 289 g/mol. The van der Waals surface area contributed by atoms with E-state index in [1.54, 1.807) is 23.2 Å². The van der Waals surface area contributed by atoms with Crippen molar-refractivity contribution < 1.29 is 9.18 Å². The summed E-state index contributed by atoms with van der Waals surface area (Å²) in [6.07, 6.45) is 3.12. The third-order valence-electron chi connectivity index (χ3n) is 4.18. The van der Waals surface area contributed by atoms with Gasteiger partial charge in [0.25, 0.3) is 0 Å². The van der Waals surface area contributed by atoms with E-state index < -0.39 is 0 Å². The van der Waals surface area contributed by atoms with E-state index in [2.05, 4.69) is 9.88 Å². The molecule has 2 saturated heterocycles. The van der Waals surface area contributed by atoms with Crippen molar-refractivity contribution >= 4 is 22.4 Å². The number of aromatic nitrogens is 1. The van der Waals surface area contributed by atoms with Gasteiger partial charge < -0.3 is 0 Å². The third kappa shape index (κ3) is 1.90. The van der Waals surface area contributed by atoms with E-state index in [1.807, 2.05) is 11.4 Å². The highest BCUT2D eigenvalue weighted by atomic mass is 32.1. The van der Waals surface area contributed by atoms with Gasteiger partial charge in [-0.2, -0.15) is 0 Å². The Labute approximate surface area is 125 Å². The van der Waals surface area contributed by atoms with Gasteiger partial charge in [-0.05, 0) is 18.9 Å². The van der Waals surface area contributed by atoms with Gasteiger partial charge in [-0.25, -0.2) is 9.37 Å². The molecule has 4 rings (SSSR count). The van der Waals surface area contributed by atoms with Gasteiger partial charge in [-0.1, -0.05) is 18.2 Å². The third-order valence-corrected chi connectivity index (χ3v) is 4.95. The number of rotatable bonds is 2. The minimum Gasteiger partial charge on any atom is -0.273 e. The van der Waals surface area contributed by atoms with Crippen LogP contribution in [-0.2, 0) is 4.79 Å². The van der Waals surface area contributed by atoms with Crippen LogP contribution in [0.1, 0.15) is 24.6 Å². The van der Waals surface area contributed by atoms with Gasteiger partial charge in [-0.15, -0.1) is 11.3 Å². The topological polar surface area (TPSA) is 36.4 Å². The lowest BCUT2D eigenvalue weighted by molar-refractivity contribution is -0.119. The summed E-state index contributed by atoms with van der Waals surface area (Å²) < 4.78 is 14.3. The van der Waals surface area contributed by atoms with E-state index in [4.69, 9.17) is 0 Å². The predicted molar refractivity (Wildman–Crippen MR) is 78.5 cm³/mol. The summed E-state index contributed by atoms with van der Waals surface area (Å²) in [5.74, 6) is -0.236. The van der Waals surface area contributed by atoms with Crippen LogP contribution in [0.2, 0.25) is 0 Å². The number of hydrogen-bond acceptors (Lipinski definition) is 4. The molecule has 0 spiro atoms. The Balaban J connectivity index is 1.84. The normalized spacial score (nSPS) is 25.6. The fraction of sp³-hybridized carbons (Fsp3) is 0.333. The lowest BCUT2D eigenvalue weighted by Crippen LogP contribution is -2.32. The molecular formula is C15H14FN3OS. The van der Waals surface area contributed by atoms with Crippen LogP contribution in [-0.4, -0.2) is 28.4 Å². The highest BCUT2D eigenvalue weighted by molar-refractivity contribution is 7.13. The Morgan fingerprint density at radius 1 is 1.33 bits per heavy atom. The maximum Gasteiger partial charge on any atom is 0.247 e. The van der Waals surface area contributed by atoms with E-state index in [0.29, 0.717) is 10.7 Å². The molecule has 1 aromatic heterocycles. The van der Waals surface area contributed by atoms with Crippen LogP contribution in [0, 0.1) is 5.82 Å². The number of amides is 1. The van der Waals surface area contributed by atoms with Crippen molar-refractivity contribution in [3.8, 4) is 0 Å². The van der Waals surface area contributed by atoms with Crippen LogP contribution in [0.15, 0.2) is 35.8 Å². The van der Waals surface area contributed by atoms with Crippen molar-refractivity contribution in [2.75, 3.05) is 11.4 Å². The van der Waals surface area contributed by atoms with Gasteiger partial charge in [0.2, 0.25) is 5.91 Å². The summed E-state index contributed by atoms with van der Waals surface area (Å²) >= 11 is 1.41. The zero-order chi connectivity index (χ0) is 14.4. The average molecular weight is 303 g/mol. The molecule has 2 aliphatic heterocycles. The monoisotopic (exact) mass is 303 g/mol. The minimum absolute atomic E-state index is 0.0377. The van der Waals surface area contributed by atoms with E-state index in [1.165, 1.54) is 17.4 Å². The Morgan fingerprint density at radius 2 is 2.19 bits per heavy atom. The average Bonchev–Trinajstić information content (AvgIpc) is 3.18. The lowest BCUT2D eigenvalue weighted by Gasteiger charge is -2.28. The maximum atomic E-state index is 14.3. The number of anilines is 1. The Morgan fingerprint density at radius 3 is 2.95 bits per heavy atom. The second-order valence-electron chi connectivity index (χ2n) is 5.31. The second-order valence-corrected chi connectivity index (χ2v) is 6.19. The molecule has 0 saturated carbocycles. The standard InChI is InChI=1S/C15H14FN3OS/c16-11-5-2-1-4-10(11)13-18-8-3-6-12(18)14(20)19(13)15-17-7-9-21-15/h1-2,4-5,7,9,12-13H,3,6,8H2/t12-,13+/m0/s1. The first-order chi connectivity index (χ1) is 10.3. The van der Waals surface area contributed by atoms with Gasteiger partial charge in [0, 0.05) is 23.7 Å². The van der Waals surface area contributed by atoms with Crippen LogP contribution in [0.5, 0.6) is 0 Å². The van der Waals surface area contributed by atoms with Gasteiger partial charge in [0.05, 0.1) is 6.04 Å². The van der Waals surface area contributed by atoms with Crippen molar-refractivity contribution in [1.29, 1.82) is 0 Å². The molecule has 6 heteroatoms. The number of thiazole rings is 1. The van der Waals surface area contributed by atoms with Crippen LogP contribution in [0.4, 0.5) is 9.52 Å². The van der Waals surface area contributed by atoms with Crippen LogP contribution in [0.25, 0.3) is 0 Å². The van der Waals surface area contributed by atoms with Gasteiger partial charge in [0.15, 0.2) is 5.13 Å². The largest absolute Gasteiger partial charge is 0.273 e. The van der Waals surface area contributed by atoms with Crippen molar-refractivity contribution in [3.05, 3.63) is 47.2 Å². The molecule has 0 N–H and O–H groups in total. The molecule has 2 fully saturated rings. The number of halogens is 1. The van der Waals surface area contributed by atoms with Crippen LogP contribution < -0.4 is 4.90 Å². The van der Waals surface area contributed by atoms with Gasteiger partial charge in [-0.3, -0.25) is 14.6 Å². The van der Waals surface area contributed by atoms with Crippen LogP contribution >= 0.6 is 11.3 Å². The molecule has 2 atom stereocenters. The Hall–Kier alpha value is -1.79. The van der Waals surface area contributed by atoms with Gasteiger partial charge >= 0.3 is 0 Å². The Kier molecular flexibility index (Phi) is 3.01. The van der Waals surface area contributed by atoms with Crippen molar-refractivity contribution in [2.24, 2.45) is 0 Å². The van der Waals surface area contributed by atoms with Crippen molar-refractivity contribution in [2.45, 2.75) is 25.0 Å². The fourth-order valence-electron chi connectivity index (χ4n) is 3.31. The molecule has 3 heterocycles. The molecule has 1 aromatic carbocycles. The first-order valence-electron chi connectivity index (χ1n) is 7.00. The summed E-state index contributed by atoms with van der Waals surface area (Å²) in [5, 5.41) is 2.48. The highest BCUT2D eigenvalue weighted by Crippen LogP contribution is 2.43. The first kappa shape index (κ1) is 12.9. The number of carbonyl (C=O) groups excluding carboxylic acids is 1. The summed E-state index contributed by atoms with van der Waals surface area (Å²) in [7, 11) is 0. The van der Waals surface area contributed by atoms with Crippen LogP contribution in [0.3, 0.4) is 0 Å². The lowest BCUT2D eigenvalue weighted by atomic mass is 10.1. The molecule has 4 nitrogen and oxygen atoms in total. The minimum atomic E-state index is -0.377. The molecule has 0 unspecified atom stereocenters. The van der Waals surface area contributed by atoms with E-state index in [0.717, 1.165) is 19.4 Å². The summed E-state index contributed by atoms with van der Waals surface area (Å²) in [6.45, 7) is 0.817. The number of benzene rings is 1. The SMILES string of the molecule is O=C1[C@@H]2CCCN2[C@@H](c2ccccc2F)N1c1nccs1. The summed E-state index contributed by atoms with van der Waals surface area (Å²) in [6, 6.07) is 6.55. The number of nitrogens with zero attached hydrogens (tertiary/aromatic N) is 3. The van der Waals surface area contributed by atoms with E-state index >= 15 is 0 Å². The molecule has 108 valence electrons. The number of hydrogen-bond donors (Lipinski definition) is 0. The molecule has 0 radical (unpaired) electrons. The number of fused-ring (bicyclic) bond motifs is 1. The molecule has 21 heavy (non-hydrogen) atoms. The summed E-state index contributed by atoms with van der Waals surface area (Å²) in [5.41, 5.74) is 0.547. The predicted octanol–water partition coefficient (Wildman–Crippen LogP) is 2.79.